The molecule has 7 heteroatoms. The summed E-state index contributed by atoms with van der Waals surface area (Å²) in [6.45, 7) is 4.81. The summed E-state index contributed by atoms with van der Waals surface area (Å²) in [5.74, 6) is 0.428. The number of amides is 1. The molecule has 136 valence electrons. The lowest BCUT2D eigenvalue weighted by Crippen LogP contribution is -2.45. The van der Waals surface area contributed by atoms with Crippen molar-refractivity contribution in [2.75, 3.05) is 25.5 Å². The number of piperidine rings is 1. The third kappa shape index (κ3) is 3.93. The van der Waals surface area contributed by atoms with Gasteiger partial charge in [-0.15, -0.1) is 0 Å². The molecule has 1 aliphatic heterocycles. The van der Waals surface area contributed by atoms with Crippen LogP contribution in [0.2, 0.25) is 0 Å². The number of pyridine rings is 2. The molecular formula is C19H22N4O3. The van der Waals surface area contributed by atoms with Gasteiger partial charge in [-0.05, 0) is 36.6 Å². The van der Waals surface area contributed by atoms with Crippen molar-refractivity contribution in [1.29, 1.82) is 0 Å². The van der Waals surface area contributed by atoms with E-state index in [2.05, 4.69) is 21.9 Å². The van der Waals surface area contributed by atoms with Crippen molar-refractivity contribution in [3.63, 3.8) is 0 Å². The SMILES string of the molecule is C=CC(=O)N1CCC[C@H](Nc2cc(-c3ccnc(OC)c3)c[nH]c2=O)C1. The number of ether oxygens (including phenoxy) is 1. The molecule has 0 bridgehead atoms. The number of aromatic nitrogens is 2. The molecule has 3 rings (SSSR count). The maximum atomic E-state index is 12.2. The molecule has 0 aromatic carbocycles. The van der Waals surface area contributed by atoms with Crippen LogP contribution in [0.3, 0.4) is 0 Å². The van der Waals surface area contributed by atoms with E-state index in [4.69, 9.17) is 4.74 Å². The monoisotopic (exact) mass is 354 g/mol. The molecule has 0 unspecified atom stereocenters. The highest BCUT2D eigenvalue weighted by atomic mass is 16.5. The molecule has 0 spiro atoms. The minimum atomic E-state index is -0.193. The zero-order valence-electron chi connectivity index (χ0n) is 14.7. The molecule has 0 radical (unpaired) electrons. The van der Waals surface area contributed by atoms with Gasteiger partial charge >= 0.3 is 0 Å². The molecule has 0 aliphatic carbocycles. The van der Waals surface area contributed by atoms with E-state index in [1.54, 1.807) is 24.4 Å². The Morgan fingerprint density at radius 1 is 1.46 bits per heavy atom. The van der Waals surface area contributed by atoms with Crippen LogP contribution in [0.4, 0.5) is 5.69 Å². The molecule has 26 heavy (non-hydrogen) atoms. The number of anilines is 1. The fourth-order valence-corrected chi connectivity index (χ4v) is 3.10. The molecule has 0 saturated carbocycles. The average Bonchev–Trinajstić information content (AvgIpc) is 2.69. The first-order valence-electron chi connectivity index (χ1n) is 8.51. The lowest BCUT2D eigenvalue weighted by Gasteiger charge is -2.32. The fourth-order valence-electron chi connectivity index (χ4n) is 3.10. The van der Waals surface area contributed by atoms with Crippen molar-refractivity contribution in [1.82, 2.24) is 14.9 Å². The Balaban J connectivity index is 1.81. The summed E-state index contributed by atoms with van der Waals surface area (Å²) in [5, 5.41) is 3.28. The third-order valence-corrected chi connectivity index (χ3v) is 4.45. The van der Waals surface area contributed by atoms with E-state index in [0.717, 1.165) is 30.5 Å². The van der Waals surface area contributed by atoms with Crippen LogP contribution in [0, 0.1) is 0 Å². The van der Waals surface area contributed by atoms with Crippen LogP contribution in [0.1, 0.15) is 12.8 Å². The number of nitrogens with one attached hydrogen (secondary N) is 2. The van der Waals surface area contributed by atoms with Gasteiger partial charge in [-0.3, -0.25) is 9.59 Å². The number of carbonyl (C=O) groups is 1. The van der Waals surface area contributed by atoms with Gasteiger partial charge in [-0.2, -0.15) is 0 Å². The van der Waals surface area contributed by atoms with Gasteiger partial charge in [0.2, 0.25) is 11.8 Å². The molecule has 1 fully saturated rings. The lowest BCUT2D eigenvalue weighted by atomic mass is 10.0. The summed E-state index contributed by atoms with van der Waals surface area (Å²) in [7, 11) is 1.56. The number of carbonyl (C=O) groups excluding carboxylic acids is 1. The first-order chi connectivity index (χ1) is 12.6. The minimum absolute atomic E-state index is 0.0241. The summed E-state index contributed by atoms with van der Waals surface area (Å²) in [6.07, 6.45) is 6.43. The average molecular weight is 354 g/mol. The molecule has 1 aliphatic rings. The maximum absolute atomic E-state index is 12.2. The topological polar surface area (TPSA) is 87.3 Å². The van der Waals surface area contributed by atoms with Gasteiger partial charge in [-0.1, -0.05) is 6.58 Å². The second-order valence-corrected chi connectivity index (χ2v) is 6.19. The number of H-pyrrole nitrogens is 1. The molecule has 3 heterocycles. The number of rotatable bonds is 5. The Morgan fingerprint density at radius 2 is 2.31 bits per heavy atom. The Morgan fingerprint density at radius 3 is 3.08 bits per heavy atom. The van der Waals surface area contributed by atoms with Crippen LogP contribution in [0.15, 0.2) is 48.0 Å². The summed E-state index contributed by atoms with van der Waals surface area (Å²) in [4.78, 5) is 32.7. The maximum Gasteiger partial charge on any atom is 0.271 e. The first-order valence-corrected chi connectivity index (χ1v) is 8.51. The Hall–Kier alpha value is -3.09. The van der Waals surface area contributed by atoms with Crippen LogP contribution >= 0.6 is 0 Å². The Labute approximate surface area is 151 Å². The first kappa shape index (κ1) is 17.7. The number of likely N-dealkylation sites (tertiary alicyclic amines) is 1. The number of hydrogen-bond donors (Lipinski definition) is 2. The summed E-state index contributed by atoms with van der Waals surface area (Å²) >= 11 is 0. The molecular weight excluding hydrogens is 332 g/mol. The lowest BCUT2D eigenvalue weighted by molar-refractivity contribution is -0.127. The van der Waals surface area contributed by atoms with Gasteiger partial charge in [0, 0.05) is 43.2 Å². The molecule has 7 nitrogen and oxygen atoms in total. The van der Waals surface area contributed by atoms with Crippen molar-refractivity contribution in [3.8, 4) is 17.0 Å². The third-order valence-electron chi connectivity index (χ3n) is 4.45. The molecule has 2 aromatic rings. The van der Waals surface area contributed by atoms with Gasteiger partial charge in [-0.25, -0.2) is 4.98 Å². The zero-order valence-corrected chi connectivity index (χ0v) is 14.7. The highest BCUT2D eigenvalue weighted by Crippen LogP contribution is 2.23. The molecule has 2 N–H and O–H groups in total. The van der Waals surface area contributed by atoms with Crippen LogP contribution in [0.5, 0.6) is 5.88 Å². The van der Waals surface area contributed by atoms with Gasteiger partial charge < -0.3 is 19.9 Å². The zero-order chi connectivity index (χ0) is 18.5. The molecule has 1 saturated heterocycles. The van der Waals surface area contributed by atoms with E-state index in [-0.39, 0.29) is 17.5 Å². The van der Waals surface area contributed by atoms with Gasteiger partial charge in [0.05, 0.1) is 7.11 Å². The normalized spacial score (nSPS) is 16.8. The minimum Gasteiger partial charge on any atom is -0.481 e. The standard InChI is InChI=1S/C19H22N4O3/c1-3-18(24)23-8-4-5-15(12-23)22-16-9-14(11-21-19(16)25)13-6-7-20-17(10-13)26-2/h3,6-7,9-11,15,22H,1,4-5,8,12H2,2H3,(H,21,25)/t15-/m0/s1. The van der Waals surface area contributed by atoms with E-state index < -0.39 is 0 Å². The fraction of sp³-hybridized carbons (Fsp3) is 0.316. The van der Waals surface area contributed by atoms with E-state index >= 15 is 0 Å². The Kier molecular flexibility index (Phi) is 5.36. The summed E-state index contributed by atoms with van der Waals surface area (Å²) < 4.78 is 5.15. The van der Waals surface area contributed by atoms with Crippen LogP contribution in [-0.4, -0.2) is 47.0 Å². The van der Waals surface area contributed by atoms with E-state index in [0.29, 0.717) is 18.1 Å². The quantitative estimate of drug-likeness (QED) is 0.803. The van der Waals surface area contributed by atoms with Crippen molar-refractivity contribution in [2.45, 2.75) is 18.9 Å². The van der Waals surface area contributed by atoms with Crippen molar-refractivity contribution in [3.05, 3.63) is 53.6 Å². The van der Waals surface area contributed by atoms with Gasteiger partial charge in [0.25, 0.3) is 5.56 Å². The largest absolute Gasteiger partial charge is 0.481 e. The number of nitrogens with zero attached hydrogens (tertiary/aromatic N) is 2. The highest BCUT2D eigenvalue weighted by Gasteiger charge is 2.22. The van der Waals surface area contributed by atoms with E-state index in [9.17, 15) is 9.59 Å². The second-order valence-electron chi connectivity index (χ2n) is 6.19. The highest BCUT2D eigenvalue weighted by molar-refractivity contribution is 5.87. The van der Waals surface area contributed by atoms with E-state index in [1.807, 2.05) is 18.2 Å². The predicted molar refractivity (Wildman–Crippen MR) is 100 cm³/mol. The van der Waals surface area contributed by atoms with Gasteiger partial charge in [0.15, 0.2) is 0 Å². The second kappa shape index (κ2) is 7.86. The van der Waals surface area contributed by atoms with Crippen LogP contribution < -0.4 is 15.6 Å². The number of methoxy groups -OCH3 is 1. The summed E-state index contributed by atoms with van der Waals surface area (Å²) in [5.41, 5.74) is 2.03. The van der Waals surface area contributed by atoms with Crippen LogP contribution in [-0.2, 0) is 4.79 Å². The molecule has 2 aromatic heterocycles. The smallest absolute Gasteiger partial charge is 0.271 e. The summed E-state index contributed by atoms with van der Waals surface area (Å²) in [6, 6.07) is 5.49. The van der Waals surface area contributed by atoms with E-state index in [1.165, 1.54) is 6.08 Å². The van der Waals surface area contributed by atoms with Crippen molar-refractivity contribution in [2.24, 2.45) is 0 Å². The molecule has 1 atom stereocenters. The van der Waals surface area contributed by atoms with Crippen LogP contribution in [0.25, 0.3) is 11.1 Å². The van der Waals surface area contributed by atoms with Gasteiger partial charge in [0.1, 0.15) is 5.69 Å². The van der Waals surface area contributed by atoms with Crippen molar-refractivity contribution >= 4 is 11.6 Å². The Bertz CT molecular complexity index is 862. The predicted octanol–water partition coefficient (Wildman–Crippen LogP) is 2.03. The number of aromatic amines is 1. The van der Waals surface area contributed by atoms with Crippen molar-refractivity contribution < 1.29 is 9.53 Å². The molecule has 1 amide bonds. The number of hydrogen-bond acceptors (Lipinski definition) is 5.